The van der Waals surface area contributed by atoms with Gasteiger partial charge in [-0.2, -0.15) is 0 Å². The van der Waals surface area contributed by atoms with Gasteiger partial charge in [0.1, 0.15) is 0 Å². The van der Waals surface area contributed by atoms with Crippen molar-refractivity contribution in [3.63, 3.8) is 0 Å². The first-order valence-electron chi connectivity index (χ1n) is 9.65. The van der Waals surface area contributed by atoms with Gasteiger partial charge in [0.25, 0.3) is 0 Å². The number of benzene rings is 3. The molecule has 0 heterocycles. The van der Waals surface area contributed by atoms with Crippen LogP contribution in [0.4, 0.5) is 0 Å². The second-order valence-corrected chi connectivity index (χ2v) is 9.45. The van der Waals surface area contributed by atoms with Crippen LogP contribution in [0.3, 0.4) is 0 Å². The van der Waals surface area contributed by atoms with E-state index in [0.717, 1.165) is 11.1 Å². The van der Waals surface area contributed by atoms with Crippen LogP contribution in [0, 0.1) is 0 Å². The highest BCUT2D eigenvalue weighted by Gasteiger charge is 2.18. The summed E-state index contributed by atoms with van der Waals surface area (Å²) in [7, 11) is -3.75. The van der Waals surface area contributed by atoms with Gasteiger partial charge >= 0.3 is 0 Å². The van der Waals surface area contributed by atoms with E-state index in [-0.39, 0.29) is 15.4 Å². The maximum atomic E-state index is 12.8. The Kier molecular flexibility index (Phi) is 7.46. The topological polar surface area (TPSA) is 109 Å². The average Bonchev–Trinajstić information content (AvgIpc) is 2.77. The molecule has 4 N–H and O–H groups in total. The molecule has 31 heavy (non-hydrogen) atoms. The summed E-state index contributed by atoms with van der Waals surface area (Å²) in [6, 6.07) is 19.4. The Morgan fingerprint density at radius 3 is 2.39 bits per heavy atom. The molecule has 3 aromatic carbocycles. The zero-order valence-corrected chi connectivity index (χ0v) is 18.2. The molecule has 0 bridgehead atoms. The lowest BCUT2D eigenvalue weighted by Gasteiger charge is -2.13. The Bertz CT molecular complexity index is 1160. The first-order valence-corrected chi connectivity index (χ1v) is 11.5. The molecule has 0 aliphatic rings. The molecule has 0 aliphatic carbocycles. The van der Waals surface area contributed by atoms with Crippen LogP contribution in [-0.2, 0) is 16.3 Å². The molecule has 1 amide bonds. The molecule has 0 saturated carbocycles. The van der Waals surface area contributed by atoms with Crippen LogP contribution in [0.25, 0.3) is 0 Å². The molecule has 6 nitrogen and oxygen atoms in total. The van der Waals surface area contributed by atoms with Gasteiger partial charge in [-0.3, -0.25) is 4.79 Å². The van der Waals surface area contributed by atoms with Gasteiger partial charge in [0, 0.05) is 17.1 Å². The predicted octanol–water partition coefficient (Wildman–Crippen LogP) is 3.14. The third-order valence-electron chi connectivity index (χ3n) is 4.82. The van der Waals surface area contributed by atoms with E-state index in [1.165, 1.54) is 24.3 Å². The number of hydrogen-bond donors (Lipinski definition) is 3. The van der Waals surface area contributed by atoms with Gasteiger partial charge in [-0.25, -0.2) is 8.42 Å². The number of aliphatic hydroxyl groups excluding tert-OH is 1. The lowest BCUT2D eigenvalue weighted by Crippen LogP contribution is -2.23. The standard InChI is InChI=1S/C23H23ClN2O4S/c24-19-5-1-3-17(13-19)22(27)15-26-12-11-16-7-9-20(10-8-16)31(29,30)21-6-2-4-18(14-21)23(25)28/h1-10,13-14,22,26-27H,11-12,15H2,(H2,25,28)/t22-/m0/s1. The van der Waals surface area contributed by atoms with E-state index in [9.17, 15) is 18.3 Å². The number of rotatable bonds is 9. The molecule has 0 spiro atoms. The number of hydrogen-bond acceptors (Lipinski definition) is 5. The molecular weight excluding hydrogens is 436 g/mol. The first-order chi connectivity index (χ1) is 14.8. The number of halogens is 1. The second kappa shape index (κ2) is 10.1. The Balaban J connectivity index is 1.57. The van der Waals surface area contributed by atoms with E-state index < -0.39 is 21.8 Å². The molecule has 3 rings (SSSR count). The van der Waals surface area contributed by atoms with Crippen molar-refractivity contribution in [1.29, 1.82) is 0 Å². The van der Waals surface area contributed by atoms with Crippen molar-refractivity contribution in [1.82, 2.24) is 5.32 Å². The molecule has 0 unspecified atom stereocenters. The van der Waals surface area contributed by atoms with E-state index >= 15 is 0 Å². The van der Waals surface area contributed by atoms with E-state index in [1.54, 1.807) is 42.5 Å². The van der Waals surface area contributed by atoms with Crippen molar-refractivity contribution in [2.75, 3.05) is 13.1 Å². The number of aliphatic hydroxyl groups is 1. The van der Waals surface area contributed by atoms with Crippen LogP contribution in [-0.4, -0.2) is 32.5 Å². The summed E-state index contributed by atoms with van der Waals surface area (Å²) in [5.74, 6) is -0.680. The average molecular weight is 459 g/mol. The molecular formula is C23H23ClN2O4S. The molecule has 0 aliphatic heterocycles. The summed E-state index contributed by atoms with van der Waals surface area (Å²) < 4.78 is 25.6. The number of primary amides is 1. The van der Waals surface area contributed by atoms with Crippen molar-refractivity contribution < 1.29 is 18.3 Å². The summed E-state index contributed by atoms with van der Waals surface area (Å²) in [6.07, 6.45) is 0.00196. The number of amides is 1. The van der Waals surface area contributed by atoms with Gasteiger partial charge in [-0.15, -0.1) is 0 Å². The minimum atomic E-state index is -3.75. The monoisotopic (exact) mass is 458 g/mol. The quantitative estimate of drug-likeness (QED) is 0.427. The highest BCUT2D eigenvalue weighted by atomic mass is 35.5. The zero-order valence-electron chi connectivity index (χ0n) is 16.7. The van der Waals surface area contributed by atoms with Crippen molar-refractivity contribution in [2.24, 2.45) is 5.73 Å². The number of carbonyl (C=O) groups excluding carboxylic acids is 1. The highest BCUT2D eigenvalue weighted by molar-refractivity contribution is 7.91. The largest absolute Gasteiger partial charge is 0.387 e. The minimum Gasteiger partial charge on any atom is -0.387 e. The van der Waals surface area contributed by atoms with Gasteiger partial charge < -0.3 is 16.2 Å². The summed E-state index contributed by atoms with van der Waals surface area (Å²) in [5.41, 5.74) is 7.08. The lowest BCUT2D eigenvalue weighted by atomic mass is 10.1. The number of sulfone groups is 1. The zero-order chi connectivity index (χ0) is 22.4. The maximum Gasteiger partial charge on any atom is 0.248 e. The van der Waals surface area contributed by atoms with E-state index in [2.05, 4.69) is 5.32 Å². The molecule has 3 aromatic rings. The smallest absolute Gasteiger partial charge is 0.248 e. The van der Waals surface area contributed by atoms with Crippen LogP contribution in [0.1, 0.15) is 27.6 Å². The minimum absolute atomic E-state index is 0.0215. The summed E-state index contributed by atoms with van der Waals surface area (Å²) in [6.45, 7) is 0.993. The van der Waals surface area contributed by atoms with Gasteiger partial charge in [-0.05, 0) is 66.6 Å². The van der Waals surface area contributed by atoms with Crippen molar-refractivity contribution in [2.45, 2.75) is 22.3 Å². The fraction of sp³-hybridized carbons (Fsp3) is 0.174. The van der Waals surface area contributed by atoms with Crippen LogP contribution in [0.15, 0.2) is 82.6 Å². The fourth-order valence-electron chi connectivity index (χ4n) is 3.09. The first kappa shape index (κ1) is 23.0. The summed E-state index contributed by atoms with van der Waals surface area (Å²) in [5, 5.41) is 14.0. The van der Waals surface area contributed by atoms with Gasteiger partial charge in [-0.1, -0.05) is 41.9 Å². The molecule has 0 fully saturated rings. The Labute approximate surface area is 186 Å². The molecule has 1 atom stereocenters. The highest BCUT2D eigenvalue weighted by Crippen LogP contribution is 2.22. The van der Waals surface area contributed by atoms with Gasteiger partial charge in [0.15, 0.2) is 0 Å². The normalized spacial score (nSPS) is 12.5. The molecule has 162 valence electrons. The second-order valence-electron chi connectivity index (χ2n) is 7.06. The lowest BCUT2D eigenvalue weighted by molar-refractivity contribution is 0.1000. The van der Waals surface area contributed by atoms with Crippen molar-refractivity contribution in [3.8, 4) is 0 Å². The third-order valence-corrected chi connectivity index (χ3v) is 6.83. The summed E-state index contributed by atoms with van der Waals surface area (Å²) >= 11 is 5.94. The molecule has 0 saturated heterocycles. The maximum absolute atomic E-state index is 12.8. The van der Waals surface area contributed by atoms with Crippen molar-refractivity contribution in [3.05, 3.63) is 94.5 Å². The third kappa shape index (κ3) is 5.92. The van der Waals surface area contributed by atoms with Crippen LogP contribution < -0.4 is 11.1 Å². The van der Waals surface area contributed by atoms with Gasteiger partial charge in [0.2, 0.25) is 15.7 Å². The predicted molar refractivity (Wildman–Crippen MR) is 120 cm³/mol. The fourth-order valence-corrected chi connectivity index (χ4v) is 4.60. The molecule has 0 aromatic heterocycles. The van der Waals surface area contributed by atoms with E-state index in [0.29, 0.717) is 24.5 Å². The van der Waals surface area contributed by atoms with Crippen LogP contribution >= 0.6 is 11.6 Å². The number of carbonyl (C=O) groups is 1. The summed E-state index contributed by atoms with van der Waals surface area (Å²) in [4.78, 5) is 11.5. The SMILES string of the molecule is NC(=O)c1cccc(S(=O)(=O)c2ccc(CCNC[C@H](O)c3cccc(Cl)c3)cc2)c1. The Morgan fingerprint density at radius 2 is 1.71 bits per heavy atom. The number of nitrogens with two attached hydrogens (primary N) is 1. The van der Waals surface area contributed by atoms with Crippen LogP contribution in [0.5, 0.6) is 0 Å². The van der Waals surface area contributed by atoms with Gasteiger partial charge in [0.05, 0.1) is 15.9 Å². The molecule has 0 radical (unpaired) electrons. The van der Waals surface area contributed by atoms with Crippen molar-refractivity contribution >= 4 is 27.3 Å². The van der Waals surface area contributed by atoms with Crippen LogP contribution in [0.2, 0.25) is 5.02 Å². The Hall–Kier alpha value is -2.71. The molecule has 8 heteroatoms. The Morgan fingerprint density at radius 1 is 1.00 bits per heavy atom. The van der Waals surface area contributed by atoms with E-state index in [4.69, 9.17) is 17.3 Å². The number of nitrogens with one attached hydrogen (secondary N) is 1. The van der Waals surface area contributed by atoms with E-state index in [1.807, 2.05) is 6.07 Å².